The first-order valence-corrected chi connectivity index (χ1v) is 4.00. The summed E-state index contributed by atoms with van der Waals surface area (Å²) < 4.78 is 4.70. The maximum absolute atomic E-state index is 8.34. The Kier molecular flexibility index (Phi) is 3.49. The molecule has 0 aliphatic rings. The molecule has 1 rings (SSSR count). The first kappa shape index (κ1) is 8.95. The highest BCUT2D eigenvalue weighted by Gasteiger charge is 1.93. The Morgan fingerprint density at radius 1 is 1.33 bits per heavy atom. The van der Waals surface area contributed by atoms with Crippen LogP contribution in [0.2, 0.25) is 0 Å². The number of aryl methyl sites for hydroxylation is 1. The third-order valence-corrected chi connectivity index (χ3v) is 1.77. The summed E-state index contributed by atoms with van der Waals surface area (Å²) in [6, 6.07) is 9.63. The Morgan fingerprint density at radius 3 is 2.50 bits per heavy atom. The Hall–Kier alpha value is -1.14. The van der Waals surface area contributed by atoms with Gasteiger partial charge >= 0.3 is 0 Å². The number of benzene rings is 1. The lowest BCUT2D eigenvalue weighted by atomic mass is 10.1. The number of hydrogen-bond donors (Lipinski definition) is 1. The van der Waals surface area contributed by atoms with Gasteiger partial charge < -0.3 is 4.18 Å². The minimum Gasteiger partial charge on any atom is -0.429 e. The normalized spacial score (nSPS) is 9.00. The maximum Gasteiger partial charge on any atom is 0.137 e. The van der Waals surface area contributed by atoms with E-state index in [4.69, 9.17) is 9.44 Å². The highest BCUT2D eigenvalue weighted by molar-refractivity contribution is 7.75. The average molecular weight is 179 g/mol. The van der Waals surface area contributed by atoms with Gasteiger partial charge in [0.05, 0.1) is 6.07 Å². The van der Waals surface area contributed by atoms with Crippen molar-refractivity contribution in [3.63, 3.8) is 0 Å². The van der Waals surface area contributed by atoms with Crippen molar-refractivity contribution < 1.29 is 4.18 Å². The molecule has 1 aromatic carbocycles. The van der Waals surface area contributed by atoms with E-state index in [0.29, 0.717) is 6.42 Å². The molecule has 12 heavy (non-hydrogen) atoms. The van der Waals surface area contributed by atoms with Crippen molar-refractivity contribution in [3.05, 3.63) is 29.8 Å². The number of hydrogen-bond acceptors (Lipinski definition) is 3. The first-order chi connectivity index (χ1) is 5.86. The number of nitrogens with zero attached hydrogens (tertiary/aromatic N) is 1. The van der Waals surface area contributed by atoms with Crippen LogP contribution in [0.25, 0.3) is 0 Å². The van der Waals surface area contributed by atoms with Gasteiger partial charge in [0.25, 0.3) is 0 Å². The molecule has 0 fully saturated rings. The second-order valence-corrected chi connectivity index (χ2v) is 2.58. The van der Waals surface area contributed by atoms with E-state index in [1.807, 2.05) is 24.3 Å². The van der Waals surface area contributed by atoms with Crippen LogP contribution < -0.4 is 4.18 Å². The number of thiol groups is 1. The van der Waals surface area contributed by atoms with Crippen LogP contribution in [0.3, 0.4) is 0 Å². The van der Waals surface area contributed by atoms with Crippen LogP contribution in [0.1, 0.15) is 12.0 Å². The van der Waals surface area contributed by atoms with Gasteiger partial charge in [-0.2, -0.15) is 5.26 Å². The van der Waals surface area contributed by atoms with Gasteiger partial charge in [0.15, 0.2) is 0 Å². The summed E-state index contributed by atoms with van der Waals surface area (Å²) >= 11 is 3.66. The molecule has 0 N–H and O–H groups in total. The van der Waals surface area contributed by atoms with E-state index in [0.717, 1.165) is 17.7 Å². The molecule has 3 heteroatoms. The number of nitriles is 1. The van der Waals surface area contributed by atoms with Crippen molar-refractivity contribution in [3.8, 4) is 11.8 Å². The Labute approximate surface area is 77.4 Å². The predicted octanol–water partition coefficient (Wildman–Crippen LogP) is 2.37. The van der Waals surface area contributed by atoms with Crippen molar-refractivity contribution in [2.24, 2.45) is 0 Å². The van der Waals surface area contributed by atoms with Gasteiger partial charge in [-0.15, -0.1) is 0 Å². The molecule has 1 aromatic rings. The monoisotopic (exact) mass is 179 g/mol. The van der Waals surface area contributed by atoms with Gasteiger partial charge in [-0.3, -0.25) is 0 Å². The quantitative estimate of drug-likeness (QED) is 0.570. The molecule has 0 saturated heterocycles. The fourth-order valence-corrected chi connectivity index (χ4v) is 1.04. The van der Waals surface area contributed by atoms with E-state index in [9.17, 15) is 0 Å². The van der Waals surface area contributed by atoms with Crippen LogP contribution in [0.4, 0.5) is 0 Å². The predicted molar refractivity (Wildman–Crippen MR) is 50.0 cm³/mol. The second kappa shape index (κ2) is 4.68. The van der Waals surface area contributed by atoms with Crippen molar-refractivity contribution in [2.75, 3.05) is 0 Å². The van der Waals surface area contributed by atoms with E-state index in [-0.39, 0.29) is 0 Å². The first-order valence-electron chi connectivity index (χ1n) is 3.64. The molecule has 0 radical (unpaired) electrons. The summed E-state index contributed by atoms with van der Waals surface area (Å²) in [5.74, 6) is 0.721. The molecule has 0 unspecified atom stereocenters. The molecule has 0 bridgehead atoms. The Balaban J connectivity index is 2.60. The maximum atomic E-state index is 8.34. The lowest BCUT2D eigenvalue weighted by molar-refractivity contribution is 0.658. The van der Waals surface area contributed by atoms with Crippen LogP contribution >= 0.6 is 12.9 Å². The van der Waals surface area contributed by atoms with Crippen molar-refractivity contribution in [1.29, 1.82) is 5.26 Å². The van der Waals surface area contributed by atoms with Crippen molar-refractivity contribution >= 4 is 12.9 Å². The lowest BCUT2D eigenvalue weighted by Gasteiger charge is -1.99. The van der Waals surface area contributed by atoms with Crippen LogP contribution in [0.5, 0.6) is 5.75 Å². The van der Waals surface area contributed by atoms with Crippen LogP contribution in [0, 0.1) is 11.3 Å². The molecule has 0 amide bonds. The zero-order valence-electron chi connectivity index (χ0n) is 6.53. The van der Waals surface area contributed by atoms with Gasteiger partial charge in [-0.25, -0.2) is 0 Å². The molecule has 62 valence electrons. The SMILES string of the molecule is N#CCCc1ccc(OS)cc1. The summed E-state index contributed by atoms with van der Waals surface area (Å²) in [5, 5.41) is 8.34. The third kappa shape index (κ3) is 2.48. The highest BCUT2D eigenvalue weighted by atomic mass is 32.1. The van der Waals surface area contributed by atoms with Crippen LogP contribution in [0.15, 0.2) is 24.3 Å². The fraction of sp³-hybridized carbons (Fsp3) is 0.222. The van der Waals surface area contributed by atoms with Gasteiger partial charge in [-0.1, -0.05) is 12.1 Å². The van der Waals surface area contributed by atoms with Crippen LogP contribution in [-0.4, -0.2) is 0 Å². The molecular weight excluding hydrogens is 170 g/mol. The van der Waals surface area contributed by atoms with E-state index in [2.05, 4.69) is 19.0 Å². The minimum absolute atomic E-state index is 0.557. The molecule has 2 nitrogen and oxygen atoms in total. The van der Waals surface area contributed by atoms with Crippen molar-refractivity contribution in [1.82, 2.24) is 0 Å². The highest BCUT2D eigenvalue weighted by Crippen LogP contribution is 2.13. The van der Waals surface area contributed by atoms with Gasteiger partial charge in [0.2, 0.25) is 0 Å². The van der Waals surface area contributed by atoms with E-state index in [1.165, 1.54) is 0 Å². The topological polar surface area (TPSA) is 33.0 Å². The molecule has 0 heterocycles. The molecule has 0 atom stereocenters. The Morgan fingerprint density at radius 2 is 2.00 bits per heavy atom. The van der Waals surface area contributed by atoms with E-state index >= 15 is 0 Å². The van der Waals surface area contributed by atoms with Gasteiger partial charge in [0.1, 0.15) is 5.75 Å². The summed E-state index contributed by atoms with van der Waals surface area (Å²) in [7, 11) is 0. The molecule has 0 spiro atoms. The van der Waals surface area contributed by atoms with E-state index in [1.54, 1.807) is 0 Å². The summed E-state index contributed by atoms with van der Waals surface area (Å²) in [5.41, 5.74) is 1.14. The van der Waals surface area contributed by atoms with Gasteiger partial charge in [0, 0.05) is 19.3 Å². The molecule has 0 aromatic heterocycles. The third-order valence-electron chi connectivity index (χ3n) is 1.55. The van der Waals surface area contributed by atoms with Crippen LogP contribution in [-0.2, 0) is 6.42 Å². The average Bonchev–Trinajstić information content (AvgIpc) is 2.15. The standard InChI is InChI=1S/C9H9NOS/c10-7-1-2-8-3-5-9(11-12)6-4-8/h3-6,12H,1-2H2. The zero-order valence-corrected chi connectivity index (χ0v) is 7.42. The Bertz CT molecular complexity index is 276. The van der Waals surface area contributed by atoms with E-state index < -0.39 is 0 Å². The molecular formula is C9H9NOS. The molecule has 0 aliphatic heterocycles. The zero-order chi connectivity index (χ0) is 8.81. The summed E-state index contributed by atoms with van der Waals surface area (Å²) in [6.45, 7) is 0. The van der Waals surface area contributed by atoms with Crippen molar-refractivity contribution in [2.45, 2.75) is 12.8 Å². The molecule has 0 aliphatic carbocycles. The lowest BCUT2D eigenvalue weighted by Crippen LogP contribution is -1.83. The fourth-order valence-electron chi connectivity index (χ4n) is 0.917. The van der Waals surface area contributed by atoms with Gasteiger partial charge in [-0.05, 0) is 24.1 Å². The second-order valence-electron chi connectivity index (χ2n) is 2.39. The molecule has 0 saturated carbocycles. The summed E-state index contributed by atoms with van der Waals surface area (Å²) in [6.07, 6.45) is 1.35. The number of rotatable bonds is 3. The smallest absolute Gasteiger partial charge is 0.137 e. The summed E-state index contributed by atoms with van der Waals surface area (Å²) in [4.78, 5) is 0. The largest absolute Gasteiger partial charge is 0.429 e. The minimum atomic E-state index is 0.557.